The van der Waals surface area contributed by atoms with Gasteiger partial charge in [0.2, 0.25) is 0 Å². The Morgan fingerprint density at radius 3 is 1.97 bits per heavy atom. The number of hydrogen-bond acceptors (Lipinski definition) is 2. The monoisotopic (exact) mass is 859 g/mol. The highest BCUT2D eigenvalue weighted by Crippen LogP contribution is 2.40. The molecule has 0 unspecified atom stereocenters. The fourth-order valence-corrected chi connectivity index (χ4v) is 8.56. The zero-order valence-electron chi connectivity index (χ0n) is 48.2. The molecule has 0 aliphatic carbocycles. The number of hydrogen-bond donors (Lipinski definition) is 0. The second-order valence-corrected chi connectivity index (χ2v) is 19.7. The number of pyridine rings is 1. The van der Waals surface area contributed by atoms with Gasteiger partial charge in [-0.3, -0.25) is 13.7 Å². The summed E-state index contributed by atoms with van der Waals surface area (Å²) >= 11 is 0. The van der Waals surface area contributed by atoms with Crippen molar-refractivity contribution in [3.05, 3.63) is 199 Å². The number of fused-ring (bicyclic) bond motifs is 4. The normalized spacial score (nSPS) is 14.5. The van der Waals surface area contributed by atoms with Crippen LogP contribution in [0.2, 0.25) is 0 Å². The molecule has 5 heteroatoms. The lowest BCUT2D eigenvalue weighted by atomic mass is 9.77. The van der Waals surface area contributed by atoms with E-state index in [1.165, 1.54) is 0 Å². The SMILES string of the molecule is [2H]c1c([2H])c([2H])c(-c2ccc3c(c2)n(-c2cccc(Oc4ccc5c6ccccc6n(-c6cc(C(C)(C)C)ccn6)c5c4)c2)[c-][n+]3-c2c(-c3c([2H])c([2H])c([2H])c([2H])c3[2H])cc(C(C)(C)C)cc2C(C)(C)C)c([2H])c1[2H]. The number of rotatable bonds is 7. The minimum atomic E-state index is -0.576. The van der Waals surface area contributed by atoms with Crippen LogP contribution in [-0.4, -0.2) is 14.1 Å². The van der Waals surface area contributed by atoms with Crippen LogP contribution in [0.3, 0.4) is 0 Å². The van der Waals surface area contributed by atoms with E-state index >= 15 is 0 Å². The Balaban J connectivity index is 1.22. The molecule has 0 saturated heterocycles. The van der Waals surface area contributed by atoms with Gasteiger partial charge < -0.3 is 4.74 Å². The van der Waals surface area contributed by atoms with Gasteiger partial charge in [-0.15, -0.1) is 0 Å². The lowest BCUT2D eigenvalue weighted by Gasteiger charge is -2.30. The van der Waals surface area contributed by atoms with Crippen molar-refractivity contribution in [2.75, 3.05) is 0 Å². The van der Waals surface area contributed by atoms with Crippen molar-refractivity contribution in [3.8, 4) is 50.9 Å². The highest BCUT2D eigenvalue weighted by molar-refractivity contribution is 6.09. The van der Waals surface area contributed by atoms with Gasteiger partial charge in [-0.25, -0.2) is 4.98 Å². The van der Waals surface area contributed by atoms with E-state index in [4.69, 9.17) is 20.7 Å². The molecule has 0 saturated carbocycles. The third-order valence-electron chi connectivity index (χ3n) is 12.0. The molecule has 0 atom stereocenters. The van der Waals surface area contributed by atoms with Crippen molar-refractivity contribution in [3.63, 3.8) is 0 Å². The Morgan fingerprint density at radius 2 is 1.25 bits per heavy atom. The quantitative estimate of drug-likeness (QED) is 0.118. The van der Waals surface area contributed by atoms with E-state index in [1.54, 1.807) is 18.2 Å². The third-order valence-corrected chi connectivity index (χ3v) is 12.0. The van der Waals surface area contributed by atoms with Gasteiger partial charge in [0.15, 0.2) is 0 Å². The smallest absolute Gasteiger partial charge is 0.269 e. The van der Waals surface area contributed by atoms with Crippen LogP contribution in [0.5, 0.6) is 11.5 Å². The predicted octanol–water partition coefficient (Wildman–Crippen LogP) is 15.2. The molecular formula is C60H56N4O. The molecule has 10 rings (SSSR count). The van der Waals surface area contributed by atoms with Crippen molar-refractivity contribution in [1.82, 2.24) is 14.1 Å². The molecule has 0 radical (unpaired) electrons. The number of para-hydroxylation sites is 1. The van der Waals surface area contributed by atoms with Gasteiger partial charge in [0, 0.05) is 23.0 Å². The van der Waals surface area contributed by atoms with Gasteiger partial charge in [0.05, 0.1) is 47.1 Å². The molecule has 0 bridgehead atoms. The maximum atomic E-state index is 9.28. The minimum Gasteiger partial charge on any atom is -0.458 e. The number of imidazole rings is 1. The van der Waals surface area contributed by atoms with Crippen LogP contribution in [0.4, 0.5) is 0 Å². The van der Waals surface area contributed by atoms with Crippen molar-refractivity contribution in [2.24, 2.45) is 0 Å². The summed E-state index contributed by atoms with van der Waals surface area (Å²) in [5.74, 6) is 1.86. The summed E-state index contributed by atoms with van der Waals surface area (Å²) in [4.78, 5) is 4.85. The molecule has 3 aromatic heterocycles. The number of benzene rings is 7. The van der Waals surface area contributed by atoms with E-state index in [1.807, 2.05) is 76.0 Å². The Hall–Kier alpha value is -7.24. The summed E-state index contributed by atoms with van der Waals surface area (Å²) in [7, 11) is 0. The maximum Gasteiger partial charge on any atom is 0.269 e. The zero-order chi connectivity index (χ0) is 54.0. The molecule has 10 aromatic rings. The zero-order valence-corrected chi connectivity index (χ0v) is 38.2. The summed E-state index contributed by atoms with van der Waals surface area (Å²) in [6, 6.07) is 31.0. The van der Waals surface area contributed by atoms with Gasteiger partial charge in [0.1, 0.15) is 17.3 Å². The third kappa shape index (κ3) is 7.80. The first-order valence-electron chi connectivity index (χ1n) is 26.9. The van der Waals surface area contributed by atoms with Gasteiger partial charge in [-0.2, -0.15) is 0 Å². The first kappa shape index (κ1) is 31.6. The summed E-state index contributed by atoms with van der Waals surface area (Å²) < 4.78 is 100. The Labute approximate surface area is 397 Å². The highest BCUT2D eigenvalue weighted by Gasteiger charge is 2.29. The first-order chi connectivity index (χ1) is 35.3. The van der Waals surface area contributed by atoms with E-state index in [9.17, 15) is 2.74 Å². The van der Waals surface area contributed by atoms with E-state index in [-0.39, 0.29) is 40.7 Å². The Kier molecular flexibility index (Phi) is 7.67. The van der Waals surface area contributed by atoms with Crippen LogP contribution in [0.25, 0.3) is 72.3 Å². The molecule has 7 aromatic carbocycles. The van der Waals surface area contributed by atoms with Gasteiger partial charge in [0.25, 0.3) is 6.33 Å². The minimum absolute atomic E-state index is 0.0251. The fraction of sp³-hybridized carbons (Fsp3) is 0.200. The van der Waals surface area contributed by atoms with Crippen LogP contribution < -0.4 is 9.30 Å². The second-order valence-electron chi connectivity index (χ2n) is 19.7. The van der Waals surface area contributed by atoms with Crippen molar-refractivity contribution in [1.29, 1.82) is 0 Å². The number of nitrogens with zero attached hydrogens (tertiary/aromatic N) is 4. The molecule has 0 amide bonds. The second kappa shape index (κ2) is 15.8. The molecule has 5 nitrogen and oxygen atoms in total. The van der Waals surface area contributed by atoms with Crippen LogP contribution in [0.1, 0.15) is 92.7 Å². The van der Waals surface area contributed by atoms with Crippen molar-refractivity contribution < 1.29 is 23.0 Å². The molecule has 0 N–H and O–H groups in total. The molecular weight excluding hydrogens is 793 g/mol. The number of aromatic nitrogens is 4. The lowest BCUT2D eigenvalue weighted by molar-refractivity contribution is -0.572. The lowest BCUT2D eigenvalue weighted by Crippen LogP contribution is -2.35. The van der Waals surface area contributed by atoms with Crippen LogP contribution in [0, 0.1) is 6.33 Å². The summed E-state index contributed by atoms with van der Waals surface area (Å²) in [6.45, 7) is 19.0. The number of ether oxygens (including phenoxy) is 1. The molecule has 0 fully saturated rings. The summed E-state index contributed by atoms with van der Waals surface area (Å²) in [6.07, 6.45) is 5.46. The fourth-order valence-electron chi connectivity index (χ4n) is 8.56. The largest absolute Gasteiger partial charge is 0.458 e. The Morgan fingerprint density at radius 1 is 0.554 bits per heavy atom. The molecule has 65 heavy (non-hydrogen) atoms. The Bertz CT molecular complexity index is 3950. The van der Waals surface area contributed by atoms with Crippen LogP contribution in [-0.2, 0) is 16.2 Å². The van der Waals surface area contributed by atoms with E-state index in [0.717, 1.165) is 44.3 Å². The average molecular weight is 859 g/mol. The van der Waals surface area contributed by atoms with Crippen molar-refractivity contribution >= 4 is 32.8 Å². The van der Waals surface area contributed by atoms with Gasteiger partial charge >= 0.3 is 0 Å². The average Bonchev–Trinajstić information content (AvgIpc) is 3.92. The van der Waals surface area contributed by atoms with Crippen LogP contribution in [0.15, 0.2) is 176 Å². The first-order valence-corrected chi connectivity index (χ1v) is 21.9. The predicted molar refractivity (Wildman–Crippen MR) is 269 cm³/mol. The van der Waals surface area contributed by atoms with E-state index in [2.05, 4.69) is 104 Å². The topological polar surface area (TPSA) is 35.9 Å². The summed E-state index contributed by atoms with van der Waals surface area (Å²) in [5, 5.41) is 2.11. The maximum absolute atomic E-state index is 9.28. The summed E-state index contributed by atoms with van der Waals surface area (Å²) in [5.41, 5.74) is 6.75. The van der Waals surface area contributed by atoms with Crippen molar-refractivity contribution in [2.45, 2.75) is 78.6 Å². The molecule has 322 valence electrons. The molecule has 3 heterocycles. The molecule has 0 spiro atoms. The van der Waals surface area contributed by atoms with E-state index < -0.39 is 47.1 Å². The standard InChI is InChI=1S/C60H56N4O/c1-58(2,3)43-31-32-61-56(36-43)64-52-26-17-16-25-48(52)49-29-28-47(38-54(49)64)65-46-24-18-23-45(37-46)62-39-63(53-30-27-42(33-55(53)62)40-19-12-10-13-20-40)57-50(41-21-14-11-15-22-41)34-44(59(4,5)6)35-51(57)60(7,8)9/h10-38H,1-9H3/i10D,11D,12D,13D,14D,15D,19D,20D,21D,22D. The van der Waals surface area contributed by atoms with Gasteiger partial charge in [-0.1, -0.05) is 171 Å². The molecule has 0 aliphatic heterocycles. The molecule has 0 aliphatic rings. The van der Waals surface area contributed by atoms with Crippen LogP contribution >= 0.6 is 0 Å². The van der Waals surface area contributed by atoms with E-state index in [0.29, 0.717) is 45.0 Å². The highest BCUT2D eigenvalue weighted by atomic mass is 16.5. The van der Waals surface area contributed by atoms with Gasteiger partial charge in [-0.05, 0) is 110 Å².